The highest BCUT2D eigenvalue weighted by Crippen LogP contribution is 2.48. The first-order valence-corrected chi connectivity index (χ1v) is 12.4. The lowest BCUT2D eigenvalue weighted by molar-refractivity contribution is 1.18. The van der Waals surface area contributed by atoms with Gasteiger partial charge in [-0.1, -0.05) is 84.9 Å². The summed E-state index contributed by atoms with van der Waals surface area (Å²) in [4.78, 5) is 0. The SMILES string of the molecule is c1ccc(-n2c3ccccc3c3ccc(Nc4cc5c6c(cccc6c4)-c4ccccc4-5)cc32)cc1. The van der Waals surface area contributed by atoms with E-state index in [0.717, 1.165) is 11.4 Å². The summed E-state index contributed by atoms with van der Waals surface area (Å²) in [5.41, 5.74) is 11.0. The highest BCUT2D eigenvalue weighted by atomic mass is 15.0. The van der Waals surface area contributed by atoms with Crippen molar-refractivity contribution in [3.63, 3.8) is 0 Å². The minimum atomic E-state index is 1.08. The predicted octanol–water partition coefficient (Wildman–Crippen LogP) is 9.33. The maximum absolute atomic E-state index is 3.73. The summed E-state index contributed by atoms with van der Waals surface area (Å²) in [6.45, 7) is 0. The Morgan fingerprint density at radius 3 is 2.06 bits per heavy atom. The van der Waals surface area contributed by atoms with Crippen molar-refractivity contribution in [1.82, 2.24) is 4.57 Å². The van der Waals surface area contributed by atoms with E-state index in [9.17, 15) is 0 Å². The Kier molecular flexibility index (Phi) is 3.97. The largest absolute Gasteiger partial charge is 0.355 e. The molecule has 0 radical (unpaired) electrons. The van der Waals surface area contributed by atoms with E-state index in [2.05, 4.69) is 137 Å². The quantitative estimate of drug-likeness (QED) is 0.279. The molecule has 36 heavy (non-hydrogen) atoms. The Balaban J connectivity index is 1.30. The van der Waals surface area contributed by atoms with Crippen molar-refractivity contribution in [1.29, 1.82) is 0 Å². The minimum absolute atomic E-state index is 1.08. The fraction of sp³-hybridized carbons (Fsp3) is 0. The second-order valence-corrected chi connectivity index (χ2v) is 9.52. The smallest absolute Gasteiger partial charge is 0.0561 e. The van der Waals surface area contributed by atoms with E-state index in [1.165, 1.54) is 60.5 Å². The highest BCUT2D eigenvalue weighted by molar-refractivity contribution is 6.16. The van der Waals surface area contributed by atoms with E-state index < -0.39 is 0 Å². The van der Waals surface area contributed by atoms with Crippen molar-refractivity contribution in [2.75, 3.05) is 5.32 Å². The van der Waals surface area contributed by atoms with Crippen molar-refractivity contribution < 1.29 is 0 Å². The summed E-state index contributed by atoms with van der Waals surface area (Å²) >= 11 is 0. The number of hydrogen-bond acceptors (Lipinski definition) is 1. The highest BCUT2D eigenvalue weighted by Gasteiger charge is 2.21. The van der Waals surface area contributed by atoms with Crippen LogP contribution in [0.4, 0.5) is 11.4 Å². The van der Waals surface area contributed by atoms with Gasteiger partial charge in [-0.15, -0.1) is 0 Å². The number of rotatable bonds is 3. The van der Waals surface area contributed by atoms with Gasteiger partial charge in [0, 0.05) is 27.8 Å². The molecule has 0 aliphatic heterocycles. The van der Waals surface area contributed by atoms with Gasteiger partial charge in [0.2, 0.25) is 0 Å². The first-order valence-electron chi connectivity index (χ1n) is 12.4. The van der Waals surface area contributed by atoms with Crippen LogP contribution in [0.1, 0.15) is 0 Å². The molecule has 0 atom stereocenters. The van der Waals surface area contributed by atoms with Gasteiger partial charge in [0.25, 0.3) is 0 Å². The van der Waals surface area contributed by atoms with Crippen molar-refractivity contribution >= 4 is 44.0 Å². The van der Waals surface area contributed by atoms with Crippen LogP contribution >= 0.6 is 0 Å². The third-order valence-corrected chi connectivity index (χ3v) is 7.46. The van der Waals surface area contributed by atoms with Crippen molar-refractivity contribution in [2.45, 2.75) is 0 Å². The topological polar surface area (TPSA) is 17.0 Å². The van der Waals surface area contributed by atoms with E-state index >= 15 is 0 Å². The van der Waals surface area contributed by atoms with Gasteiger partial charge in [-0.25, -0.2) is 0 Å². The van der Waals surface area contributed by atoms with Crippen LogP contribution in [-0.2, 0) is 0 Å². The van der Waals surface area contributed by atoms with Crippen LogP contribution in [0.25, 0.3) is 60.5 Å². The van der Waals surface area contributed by atoms with Crippen LogP contribution in [0.2, 0.25) is 0 Å². The average molecular weight is 459 g/mol. The molecule has 0 unspecified atom stereocenters. The molecule has 2 nitrogen and oxygen atoms in total. The van der Waals surface area contributed by atoms with Gasteiger partial charge in [-0.05, 0) is 75.5 Å². The van der Waals surface area contributed by atoms with Gasteiger partial charge >= 0.3 is 0 Å². The molecule has 1 N–H and O–H groups in total. The Morgan fingerprint density at radius 1 is 0.444 bits per heavy atom. The lowest BCUT2D eigenvalue weighted by Gasteiger charge is -2.12. The molecule has 8 rings (SSSR count). The molecule has 168 valence electrons. The zero-order valence-corrected chi connectivity index (χ0v) is 19.6. The van der Waals surface area contributed by atoms with Gasteiger partial charge in [-0.2, -0.15) is 0 Å². The monoisotopic (exact) mass is 458 g/mol. The summed E-state index contributed by atoms with van der Waals surface area (Å²) in [5.74, 6) is 0. The number of nitrogens with one attached hydrogen (secondary N) is 1. The van der Waals surface area contributed by atoms with E-state index in [4.69, 9.17) is 0 Å². The second kappa shape index (κ2) is 7.34. The summed E-state index contributed by atoms with van der Waals surface area (Å²) in [6, 6.07) is 45.9. The summed E-state index contributed by atoms with van der Waals surface area (Å²) < 4.78 is 2.36. The molecule has 2 heteroatoms. The molecule has 1 aromatic heterocycles. The van der Waals surface area contributed by atoms with Gasteiger partial charge in [0.05, 0.1) is 11.0 Å². The number of hydrogen-bond donors (Lipinski definition) is 1. The van der Waals surface area contributed by atoms with E-state index in [-0.39, 0.29) is 0 Å². The fourth-order valence-corrected chi connectivity index (χ4v) is 5.96. The lowest BCUT2D eigenvalue weighted by atomic mass is 10.0. The molecule has 0 spiro atoms. The number of aromatic nitrogens is 1. The number of nitrogens with zero attached hydrogens (tertiary/aromatic N) is 1. The molecule has 1 aliphatic carbocycles. The molecule has 0 saturated carbocycles. The zero-order chi connectivity index (χ0) is 23.6. The van der Waals surface area contributed by atoms with Gasteiger partial charge in [0.1, 0.15) is 0 Å². The summed E-state index contributed by atoms with van der Waals surface area (Å²) in [5, 5.41) is 8.87. The molecule has 7 aromatic rings. The maximum Gasteiger partial charge on any atom is 0.0561 e. The normalized spacial score (nSPS) is 11.9. The molecule has 1 heterocycles. The molecular weight excluding hydrogens is 436 g/mol. The molecule has 1 aliphatic rings. The number of benzene rings is 6. The number of para-hydroxylation sites is 2. The van der Waals surface area contributed by atoms with Crippen LogP contribution in [0, 0.1) is 0 Å². The fourth-order valence-electron chi connectivity index (χ4n) is 5.96. The number of anilines is 2. The van der Waals surface area contributed by atoms with Crippen LogP contribution < -0.4 is 5.32 Å². The Labute approximate surface area is 209 Å². The van der Waals surface area contributed by atoms with E-state index in [0.29, 0.717) is 0 Å². The zero-order valence-electron chi connectivity index (χ0n) is 19.6. The third kappa shape index (κ3) is 2.73. The van der Waals surface area contributed by atoms with Crippen molar-refractivity contribution in [2.24, 2.45) is 0 Å². The Hall–Kier alpha value is -4.82. The molecular formula is C34H22N2. The molecule has 0 amide bonds. The first-order chi connectivity index (χ1) is 17.8. The average Bonchev–Trinajstić information content (AvgIpc) is 3.43. The summed E-state index contributed by atoms with van der Waals surface area (Å²) in [6.07, 6.45) is 0. The maximum atomic E-state index is 3.73. The van der Waals surface area contributed by atoms with Crippen molar-refractivity contribution in [3.05, 3.63) is 127 Å². The van der Waals surface area contributed by atoms with Gasteiger partial charge in [-0.3, -0.25) is 0 Å². The standard InChI is InChI=1S/C34H22N2/c1-2-10-25(11-3-1)36-32-16-7-6-14-28(32)29-18-17-23(21-33(29)36)35-24-19-22-9-8-15-30-26-12-4-5-13-27(26)31(20-24)34(22)30/h1-21,35H. The first kappa shape index (κ1) is 19.5. The molecule has 0 bridgehead atoms. The van der Waals surface area contributed by atoms with Crippen LogP contribution in [0.15, 0.2) is 127 Å². The Morgan fingerprint density at radius 2 is 1.17 bits per heavy atom. The van der Waals surface area contributed by atoms with Crippen LogP contribution in [0.3, 0.4) is 0 Å². The van der Waals surface area contributed by atoms with Gasteiger partial charge in [0.15, 0.2) is 0 Å². The Bertz CT molecular complexity index is 1960. The second-order valence-electron chi connectivity index (χ2n) is 9.52. The third-order valence-electron chi connectivity index (χ3n) is 7.46. The lowest BCUT2D eigenvalue weighted by Crippen LogP contribution is -1.95. The summed E-state index contributed by atoms with van der Waals surface area (Å²) in [7, 11) is 0. The van der Waals surface area contributed by atoms with Crippen molar-refractivity contribution in [3.8, 4) is 27.9 Å². The van der Waals surface area contributed by atoms with Crippen LogP contribution in [-0.4, -0.2) is 4.57 Å². The molecule has 6 aromatic carbocycles. The van der Waals surface area contributed by atoms with Gasteiger partial charge < -0.3 is 9.88 Å². The van der Waals surface area contributed by atoms with E-state index in [1.807, 2.05) is 0 Å². The van der Waals surface area contributed by atoms with Crippen LogP contribution in [0.5, 0.6) is 0 Å². The molecule has 0 fully saturated rings. The predicted molar refractivity (Wildman–Crippen MR) is 152 cm³/mol. The molecule has 0 saturated heterocycles. The van der Waals surface area contributed by atoms with E-state index in [1.54, 1.807) is 0 Å². The minimum Gasteiger partial charge on any atom is -0.355 e. The number of fused-ring (bicyclic) bond motifs is 6.